The molecule has 0 radical (unpaired) electrons. The van der Waals surface area contributed by atoms with Crippen molar-refractivity contribution in [2.45, 2.75) is 16.7 Å². The summed E-state index contributed by atoms with van der Waals surface area (Å²) in [7, 11) is 0. The number of rotatable bonds is 1. The molecular weight excluding hydrogens is 338 g/mol. The summed E-state index contributed by atoms with van der Waals surface area (Å²) in [5.74, 6) is 0.162. The summed E-state index contributed by atoms with van der Waals surface area (Å²) < 4.78 is 10.6. The van der Waals surface area contributed by atoms with Crippen molar-refractivity contribution in [1.82, 2.24) is 0 Å². The van der Waals surface area contributed by atoms with Crippen LogP contribution in [0.25, 0.3) is 0 Å². The number of carbonyl (C=O) groups is 1. The second-order valence-electron chi connectivity index (χ2n) is 5.41. The van der Waals surface area contributed by atoms with Crippen molar-refractivity contribution >= 4 is 29.2 Å². The molecule has 0 N–H and O–H groups in total. The zero-order valence-electron chi connectivity index (χ0n) is 13.3. The van der Waals surface area contributed by atoms with Gasteiger partial charge in [-0.15, -0.1) is 0 Å². The molecule has 0 bridgehead atoms. The molecule has 4 rings (SSSR count). The molecule has 2 heterocycles. The summed E-state index contributed by atoms with van der Waals surface area (Å²) in [6.45, 7) is 1.58. The summed E-state index contributed by atoms with van der Waals surface area (Å²) in [6.07, 6.45) is 0.624. The molecule has 0 saturated heterocycles. The molecule has 0 unspecified atom stereocenters. The number of anilines is 2. The Morgan fingerprint density at radius 1 is 1.00 bits per heavy atom. The fraction of sp³-hybridized carbons (Fsp3) is 0.0526. The second-order valence-corrected chi connectivity index (χ2v) is 6.49. The van der Waals surface area contributed by atoms with Crippen molar-refractivity contribution < 1.29 is 13.9 Å². The van der Waals surface area contributed by atoms with Gasteiger partial charge in [-0.3, -0.25) is 4.79 Å². The number of hydrogen-bond acceptors (Lipinski definition) is 5. The van der Waals surface area contributed by atoms with Crippen LogP contribution in [-0.4, -0.2) is 6.09 Å². The Morgan fingerprint density at radius 3 is 2.20 bits per heavy atom. The first-order chi connectivity index (χ1) is 12.1. The van der Waals surface area contributed by atoms with E-state index in [9.17, 15) is 9.59 Å². The third kappa shape index (κ3) is 2.70. The first-order valence-corrected chi connectivity index (χ1v) is 8.43. The molecule has 1 aromatic heterocycles. The fourth-order valence-electron chi connectivity index (χ4n) is 2.66. The smallest absolute Gasteiger partial charge is 0.424 e. The van der Waals surface area contributed by atoms with Crippen molar-refractivity contribution in [2.75, 3.05) is 4.90 Å². The maximum Gasteiger partial charge on any atom is 0.424 e. The minimum absolute atomic E-state index is 0.0966. The zero-order chi connectivity index (χ0) is 17.4. The second kappa shape index (κ2) is 6.14. The van der Waals surface area contributed by atoms with Crippen molar-refractivity contribution in [3.8, 4) is 5.75 Å². The lowest BCUT2D eigenvalue weighted by atomic mass is 10.2. The van der Waals surface area contributed by atoms with E-state index in [2.05, 4.69) is 0 Å². The van der Waals surface area contributed by atoms with Gasteiger partial charge in [0.25, 0.3) is 0 Å². The minimum Gasteiger partial charge on any atom is -0.465 e. The summed E-state index contributed by atoms with van der Waals surface area (Å²) in [4.78, 5) is 28.3. The van der Waals surface area contributed by atoms with Crippen LogP contribution in [0.5, 0.6) is 5.75 Å². The lowest BCUT2D eigenvalue weighted by molar-refractivity contribution is 0.207. The van der Waals surface area contributed by atoms with Gasteiger partial charge in [-0.2, -0.15) is 0 Å². The van der Waals surface area contributed by atoms with Crippen LogP contribution in [0.1, 0.15) is 5.76 Å². The molecule has 0 fully saturated rings. The van der Waals surface area contributed by atoms with Gasteiger partial charge in [0.2, 0.25) is 11.2 Å². The zero-order valence-corrected chi connectivity index (χ0v) is 14.1. The largest absolute Gasteiger partial charge is 0.465 e. The number of hydrogen-bond donors (Lipinski definition) is 0. The van der Waals surface area contributed by atoms with Crippen molar-refractivity contribution in [2.24, 2.45) is 0 Å². The van der Waals surface area contributed by atoms with Crippen LogP contribution in [0.15, 0.2) is 79.9 Å². The molecule has 0 spiro atoms. The Balaban J connectivity index is 1.80. The van der Waals surface area contributed by atoms with Gasteiger partial charge in [-0.05, 0) is 31.2 Å². The van der Waals surface area contributed by atoms with Crippen LogP contribution in [-0.2, 0) is 0 Å². The molecule has 5 nitrogen and oxygen atoms in total. The van der Waals surface area contributed by atoms with Gasteiger partial charge in [0, 0.05) is 15.9 Å². The van der Waals surface area contributed by atoms with Crippen LogP contribution in [0.3, 0.4) is 0 Å². The van der Waals surface area contributed by atoms with E-state index < -0.39 is 11.5 Å². The Morgan fingerprint density at radius 2 is 1.60 bits per heavy atom. The number of para-hydroxylation sites is 2. The van der Waals surface area contributed by atoms with Crippen LogP contribution < -0.4 is 15.1 Å². The summed E-state index contributed by atoms with van der Waals surface area (Å²) in [5, 5.41) is 0. The number of nitrogens with zero attached hydrogens (tertiary/aromatic N) is 1. The topological polar surface area (TPSA) is 59.8 Å². The molecule has 124 valence electrons. The van der Waals surface area contributed by atoms with Crippen molar-refractivity contribution in [3.63, 3.8) is 0 Å². The molecule has 1 amide bonds. The highest BCUT2D eigenvalue weighted by Gasteiger charge is 2.30. The molecule has 0 atom stereocenters. The molecule has 25 heavy (non-hydrogen) atoms. The Labute approximate surface area is 147 Å². The average Bonchev–Trinajstić information content (AvgIpc) is 2.62. The standard InChI is InChI=1S/C19H13NO4S/c1-12-18(15(21)10-11-23-12)24-19(22)20-13-6-2-4-8-16(13)25-17-9-5-3-7-14(17)20/h2-11H,1H3. The van der Waals surface area contributed by atoms with Crippen LogP contribution in [0.4, 0.5) is 16.2 Å². The number of fused-ring (bicyclic) bond motifs is 2. The van der Waals surface area contributed by atoms with E-state index in [0.29, 0.717) is 11.4 Å². The van der Waals surface area contributed by atoms with Gasteiger partial charge in [0.15, 0.2) is 0 Å². The van der Waals surface area contributed by atoms with Gasteiger partial charge in [0.05, 0.1) is 17.6 Å². The highest BCUT2D eigenvalue weighted by molar-refractivity contribution is 7.99. The van der Waals surface area contributed by atoms with Gasteiger partial charge < -0.3 is 9.15 Å². The fourth-order valence-corrected chi connectivity index (χ4v) is 3.71. The number of amides is 1. The highest BCUT2D eigenvalue weighted by Crippen LogP contribution is 2.48. The first kappa shape index (κ1) is 15.5. The van der Waals surface area contributed by atoms with E-state index >= 15 is 0 Å². The summed E-state index contributed by atoms with van der Waals surface area (Å²) in [6, 6.07) is 16.4. The molecule has 3 aromatic rings. The van der Waals surface area contributed by atoms with Crippen molar-refractivity contribution in [1.29, 1.82) is 0 Å². The van der Waals surface area contributed by atoms with Crippen LogP contribution in [0.2, 0.25) is 0 Å². The van der Waals surface area contributed by atoms with Gasteiger partial charge in [-0.1, -0.05) is 36.0 Å². The first-order valence-electron chi connectivity index (χ1n) is 7.61. The molecule has 6 heteroatoms. The maximum absolute atomic E-state index is 12.9. The van der Waals surface area contributed by atoms with Crippen molar-refractivity contribution in [3.05, 3.63) is 76.8 Å². The summed E-state index contributed by atoms with van der Waals surface area (Å²) >= 11 is 1.59. The van der Waals surface area contributed by atoms with E-state index in [0.717, 1.165) is 9.79 Å². The third-order valence-corrected chi connectivity index (χ3v) is 4.94. The SMILES string of the molecule is Cc1occc(=O)c1OC(=O)N1c2ccccc2Sc2ccccc21. The molecule has 2 aromatic carbocycles. The maximum atomic E-state index is 12.9. The third-order valence-electron chi connectivity index (χ3n) is 3.81. The highest BCUT2D eigenvalue weighted by atomic mass is 32.2. The Kier molecular flexibility index (Phi) is 3.82. The number of benzene rings is 2. The molecule has 0 aliphatic carbocycles. The quantitative estimate of drug-likeness (QED) is 0.633. The van der Waals surface area contributed by atoms with E-state index in [1.807, 2.05) is 48.5 Å². The van der Waals surface area contributed by atoms with Crippen LogP contribution >= 0.6 is 11.8 Å². The monoisotopic (exact) mass is 351 g/mol. The molecular formula is C19H13NO4S. The Bertz CT molecular complexity index is 982. The van der Waals surface area contributed by atoms with Gasteiger partial charge >= 0.3 is 6.09 Å². The van der Waals surface area contributed by atoms with E-state index in [1.54, 1.807) is 18.7 Å². The molecule has 1 aliphatic heterocycles. The minimum atomic E-state index is -0.651. The predicted molar refractivity (Wildman–Crippen MR) is 94.9 cm³/mol. The van der Waals surface area contributed by atoms with E-state index in [4.69, 9.17) is 9.15 Å². The number of carbonyl (C=O) groups excluding carboxylic acids is 1. The van der Waals surface area contributed by atoms with E-state index in [1.165, 1.54) is 17.2 Å². The number of aryl methyl sites for hydroxylation is 1. The average molecular weight is 351 g/mol. The summed E-state index contributed by atoms with van der Waals surface area (Å²) in [5.41, 5.74) is 1.04. The lowest BCUT2D eigenvalue weighted by Gasteiger charge is -2.30. The number of ether oxygens (including phenoxy) is 1. The van der Waals surface area contributed by atoms with Gasteiger partial charge in [-0.25, -0.2) is 9.69 Å². The normalized spacial score (nSPS) is 12.3. The predicted octanol–water partition coefficient (Wildman–Crippen LogP) is 4.75. The Hall–Kier alpha value is -2.99. The van der Waals surface area contributed by atoms with Crippen LogP contribution in [0, 0.1) is 6.92 Å². The lowest BCUT2D eigenvalue weighted by Crippen LogP contribution is -2.32. The van der Waals surface area contributed by atoms with Gasteiger partial charge in [0.1, 0.15) is 5.76 Å². The van der Waals surface area contributed by atoms with E-state index in [-0.39, 0.29) is 11.5 Å². The molecule has 0 saturated carbocycles. The molecule has 1 aliphatic rings.